The Morgan fingerprint density at radius 2 is 1.73 bits per heavy atom. The van der Waals surface area contributed by atoms with Crippen LogP contribution < -0.4 is 20.5 Å². The van der Waals surface area contributed by atoms with Crippen LogP contribution in [-0.2, 0) is 18.9 Å². The largest absolute Gasteiger partial charge is 0.497 e. The Kier molecular flexibility index (Phi) is 4.71. The standard InChI is InChI=1S/C19H21N3O4/c1-12(26-15-7-5-6-14(11-15)25-4)18(23)20-13-8-9-16-17(10-13)22(3)19(24)21(16)2/h5-12H,1-4H3,(H,20,23)/t12-/m1/s1. The van der Waals surface area contributed by atoms with Crippen LogP contribution in [0.1, 0.15) is 6.92 Å². The molecule has 3 rings (SSSR count). The highest BCUT2D eigenvalue weighted by molar-refractivity contribution is 5.95. The van der Waals surface area contributed by atoms with Crippen LogP contribution in [0.15, 0.2) is 47.3 Å². The number of aryl methyl sites for hydroxylation is 2. The van der Waals surface area contributed by atoms with Gasteiger partial charge in [-0.2, -0.15) is 0 Å². The van der Waals surface area contributed by atoms with Gasteiger partial charge in [-0.15, -0.1) is 0 Å². The lowest BCUT2D eigenvalue weighted by Crippen LogP contribution is -2.30. The summed E-state index contributed by atoms with van der Waals surface area (Å²) in [4.78, 5) is 24.4. The van der Waals surface area contributed by atoms with E-state index in [0.717, 1.165) is 11.0 Å². The maximum atomic E-state index is 12.4. The van der Waals surface area contributed by atoms with Crippen LogP contribution in [0, 0.1) is 0 Å². The van der Waals surface area contributed by atoms with Crippen molar-refractivity contribution in [3.63, 3.8) is 0 Å². The van der Waals surface area contributed by atoms with E-state index >= 15 is 0 Å². The number of hydrogen-bond donors (Lipinski definition) is 1. The fourth-order valence-electron chi connectivity index (χ4n) is 2.76. The van der Waals surface area contributed by atoms with Crippen LogP contribution in [0.2, 0.25) is 0 Å². The molecule has 1 amide bonds. The predicted octanol–water partition coefficient (Wildman–Crippen LogP) is 2.29. The normalized spacial score (nSPS) is 12.0. The number of ether oxygens (including phenoxy) is 2. The first-order valence-corrected chi connectivity index (χ1v) is 8.17. The van der Waals surface area contributed by atoms with Gasteiger partial charge in [0.1, 0.15) is 11.5 Å². The van der Waals surface area contributed by atoms with Gasteiger partial charge in [0.05, 0.1) is 18.1 Å². The van der Waals surface area contributed by atoms with Gasteiger partial charge in [-0.05, 0) is 37.3 Å². The summed E-state index contributed by atoms with van der Waals surface area (Å²) in [6, 6.07) is 12.4. The van der Waals surface area contributed by atoms with Gasteiger partial charge in [0.2, 0.25) is 0 Å². The van der Waals surface area contributed by atoms with Crippen LogP contribution in [0.25, 0.3) is 11.0 Å². The summed E-state index contributed by atoms with van der Waals surface area (Å²) in [6.45, 7) is 1.67. The van der Waals surface area contributed by atoms with E-state index in [1.807, 2.05) is 0 Å². The number of anilines is 1. The van der Waals surface area contributed by atoms with E-state index in [9.17, 15) is 9.59 Å². The number of fused-ring (bicyclic) bond motifs is 1. The first-order chi connectivity index (χ1) is 12.4. The third-order valence-electron chi connectivity index (χ3n) is 4.26. The number of aromatic nitrogens is 2. The minimum absolute atomic E-state index is 0.113. The molecule has 7 nitrogen and oxygen atoms in total. The third kappa shape index (κ3) is 3.28. The summed E-state index contributed by atoms with van der Waals surface area (Å²) in [5, 5.41) is 2.82. The highest BCUT2D eigenvalue weighted by atomic mass is 16.5. The van der Waals surface area contributed by atoms with Gasteiger partial charge in [-0.1, -0.05) is 6.07 Å². The number of methoxy groups -OCH3 is 1. The first kappa shape index (κ1) is 17.6. The van der Waals surface area contributed by atoms with Gasteiger partial charge in [0, 0.05) is 25.8 Å². The van der Waals surface area contributed by atoms with Crippen molar-refractivity contribution in [2.75, 3.05) is 12.4 Å². The summed E-state index contributed by atoms with van der Waals surface area (Å²) < 4.78 is 13.9. The molecular weight excluding hydrogens is 334 g/mol. The summed E-state index contributed by atoms with van der Waals surface area (Å²) in [5.74, 6) is 0.923. The quantitative estimate of drug-likeness (QED) is 0.762. The average molecular weight is 355 g/mol. The number of imidazole rings is 1. The van der Waals surface area contributed by atoms with Crippen molar-refractivity contribution >= 4 is 22.6 Å². The number of hydrogen-bond acceptors (Lipinski definition) is 4. The zero-order valence-corrected chi connectivity index (χ0v) is 15.1. The molecule has 26 heavy (non-hydrogen) atoms. The molecule has 1 atom stereocenters. The number of nitrogens with zero attached hydrogens (tertiary/aromatic N) is 2. The molecule has 0 saturated carbocycles. The van der Waals surface area contributed by atoms with E-state index in [1.54, 1.807) is 79.7 Å². The molecule has 0 aliphatic rings. The lowest BCUT2D eigenvalue weighted by atomic mass is 10.2. The molecule has 3 aromatic rings. The molecule has 0 bridgehead atoms. The summed E-state index contributed by atoms with van der Waals surface area (Å²) >= 11 is 0. The van der Waals surface area contributed by atoms with E-state index in [-0.39, 0.29) is 11.6 Å². The summed E-state index contributed by atoms with van der Waals surface area (Å²) in [6.07, 6.45) is -0.697. The van der Waals surface area contributed by atoms with Gasteiger partial charge in [0.25, 0.3) is 5.91 Å². The van der Waals surface area contributed by atoms with E-state index in [1.165, 1.54) is 0 Å². The molecule has 0 unspecified atom stereocenters. The van der Waals surface area contributed by atoms with Crippen molar-refractivity contribution in [3.05, 3.63) is 52.9 Å². The second-order valence-electron chi connectivity index (χ2n) is 6.03. The highest BCUT2D eigenvalue weighted by Crippen LogP contribution is 2.21. The van der Waals surface area contributed by atoms with Crippen LogP contribution in [-0.4, -0.2) is 28.3 Å². The van der Waals surface area contributed by atoms with Crippen LogP contribution >= 0.6 is 0 Å². The summed E-state index contributed by atoms with van der Waals surface area (Å²) in [5.41, 5.74) is 2.04. The van der Waals surface area contributed by atoms with Crippen LogP contribution in [0.5, 0.6) is 11.5 Å². The Morgan fingerprint density at radius 1 is 1.04 bits per heavy atom. The predicted molar refractivity (Wildman–Crippen MR) is 99.9 cm³/mol. The molecule has 136 valence electrons. The minimum atomic E-state index is -0.697. The Bertz CT molecular complexity index is 1020. The maximum Gasteiger partial charge on any atom is 0.328 e. The van der Waals surface area contributed by atoms with E-state index in [4.69, 9.17) is 9.47 Å². The van der Waals surface area contributed by atoms with Crippen molar-refractivity contribution in [1.29, 1.82) is 0 Å². The van der Waals surface area contributed by atoms with E-state index in [0.29, 0.717) is 17.2 Å². The molecule has 0 saturated heterocycles. The zero-order valence-electron chi connectivity index (χ0n) is 15.1. The fraction of sp³-hybridized carbons (Fsp3) is 0.263. The van der Waals surface area contributed by atoms with Gasteiger partial charge in [-0.25, -0.2) is 4.79 Å². The number of benzene rings is 2. The molecule has 2 aromatic carbocycles. The Labute approximate surface area is 150 Å². The molecule has 0 aliphatic carbocycles. The Balaban J connectivity index is 1.75. The lowest BCUT2D eigenvalue weighted by Gasteiger charge is -2.15. The lowest BCUT2D eigenvalue weighted by molar-refractivity contribution is -0.122. The molecule has 1 heterocycles. The highest BCUT2D eigenvalue weighted by Gasteiger charge is 2.16. The van der Waals surface area contributed by atoms with Gasteiger partial charge in [0.15, 0.2) is 6.10 Å². The minimum Gasteiger partial charge on any atom is -0.497 e. The van der Waals surface area contributed by atoms with Gasteiger partial charge in [-0.3, -0.25) is 13.9 Å². The monoisotopic (exact) mass is 355 g/mol. The number of carbonyl (C=O) groups excluding carboxylic acids is 1. The van der Waals surface area contributed by atoms with Crippen molar-refractivity contribution < 1.29 is 14.3 Å². The van der Waals surface area contributed by atoms with Gasteiger partial charge >= 0.3 is 5.69 Å². The third-order valence-corrected chi connectivity index (χ3v) is 4.26. The fourth-order valence-corrected chi connectivity index (χ4v) is 2.76. The molecule has 0 radical (unpaired) electrons. The number of carbonyl (C=O) groups is 1. The van der Waals surface area contributed by atoms with Crippen LogP contribution in [0.3, 0.4) is 0 Å². The Hall–Kier alpha value is -3.22. The van der Waals surface area contributed by atoms with E-state index in [2.05, 4.69) is 5.32 Å². The maximum absolute atomic E-state index is 12.4. The molecule has 7 heteroatoms. The van der Waals surface area contributed by atoms with Crippen molar-refractivity contribution in [1.82, 2.24) is 9.13 Å². The van der Waals surface area contributed by atoms with Crippen LogP contribution in [0.4, 0.5) is 5.69 Å². The Morgan fingerprint density at radius 3 is 2.46 bits per heavy atom. The number of nitrogens with one attached hydrogen (secondary N) is 1. The second kappa shape index (κ2) is 6.95. The SMILES string of the molecule is COc1cccc(O[C@H](C)C(=O)Nc2ccc3c(c2)n(C)c(=O)n3C)c1. The summed E-state index contributed by atoms with van der Waals surface area (Å²) in [7, 11) is 4.99. The van der Waals surface area contributed by atoms with Crippen molar-refractivity contribution in [2.45, 2.75) is 13.0 Å². The smallest absolute Gasteiger partial charge is 0.328 e. The molecule has 0 aliphatic heterocycles. The molecule has 1 N–H and O–H groups in total. The average Bonchev–Trinajstić information content (AvgIpc) is 2.86. The number of rotatable bonds is 5. The first-order valence-electron chi connectivity index (χ1n) is 8.17. The van der Waals surface area contributed by atoms with Crippen molar-refractivity contribution in [3.8, 4) is 11.5 Å². The molecular formula is C19H21N3O4. The molecule has 0 spiro atoms. The van der Waals surface area contributed by atoms with E-state index < -0.39 is 6.10 Å². The van der Waals surface area contributed by atoms with Gasteiger partial charge < -0.3 is 14.8 Å². The zero-order chi connectivity index (χ0) is 18.8. The van der Waals surface area contributed by atoms with Crippen molar-refractivity contribution in [2.24, 2.45) is 14.1 Å². The molecule has 1 aromatic heterocycles. The molecule has 0 fully saturated rings. The topological polar surface area (TPSA) is 74.5 Å². The number of amides is 1. The second-order valence-corrected chi connectivity index (χ2v) is 6.03.